The second-order valence-corrected chi connectivity index (χ2v) is 4.29. The van der Waals surface area contributed by atoms with E-state index in [9.17, 15) is 14.7 Å². The third-order valence-electron chi connectivity index (χ3n) is 2.91. The van der Waals surface area contributed by atoms with Gasteiger partial charge in [-0.15, -0.1) is 0 Å². The van der Waals surface area contributed by atoms with E-state index in [-0.39, 0.29) is 23.8 Å². The first kappa shape index (κ1) is 14.6. The highest BCUT2D eigenvalue weighted by Gasteiger charge is 2.11. The molecule has 0 spiro atoms. The number of aromatic hydroxyl groups is 1. The summed E-state index contributed by atoms with van der Waals surface area (Å²) in [5.74, 6) is -0.402. The van der Waals surface area contributed by atoms with Gasteiger partial charge in [-0.25, -0.2) is 5.43 Å². The standard InChI is InChI=1S/C14H14N4O3/c1-9-13(20)12(11(8-19)6-16-9)7-17-18-14(21)10-2-4-15-5-3-10/h2-6,8,17,20H,7H2,1H3,(H,18,21). The van der Waals surface area contributed by atoms with Crippen molar-refractivity contribution in [1.82, 2.24) is 20.8 Å². The molecule has 0 atom stereocenters. The maximum absolute atomic E-state index is 11.8. The maximum Gasteiger partial charge on any atom is 0.265 e. The SMILES string of the molecule is Cc1ncc(C=O)c(CNNC(=O)c2ccncc2)c1O. The average molecular weight is 286 g/mol. The molecule has 0 saturated heterocycles. The van der Waals surface area contributed by atoms with E-state index in [4.69, 9.17) is 0 Å². The first-order valence-electron chi connectivity index (χ1n) is 6.19. The molecule has 0 unspecified atom stereocenters. The van der Waals surface area contributed by atoms with Crippen molar-refractivity contribution < 1.29 is 14.7 Å². The molecule has 7 nitrogen and oxygen atoms in total. The average Bonchev–Trinajstić information content (AvgIpc) is 2.52. The minimum absolute atomic E-state index is 0.0646. The van der Waals surface area contributed by atoms with Crippen LogP contribution in [0.15, 0.2) is 30.7 Å². The lowest BCUT2D eigenvalue weighted by Gasteiger charge is -2.11. The van der Waals surface area contributed by atoms with Gasteiger partial charge in [0.05, 0.1) is 5.69 Å². The summed E-state index contributed by atoms with van der Waals surface area (Å²) in [6.45, 7) is 1.73. The first-order valence-corrected chi connectivity index (χ1v) is 6.19. The predicted octanol–water partition coefficient (Wildman–Crippen LogP) is 0.738. The number of hydrogen-bond acceptors (Lipinski definition) is 6. The third kappa shape index (κ3) is 3.40. The molecule has 0 radical (unpaired) electrons. The van der Waals surface area contributed by atoms with E-state index in [2.05, 4.69) is 20.8 Å². The summed E-state index contributed by atoms with van der Waals surface area (Å²) in [7, 11) is 0. The van der Waals surface area contributed by atoms with Crippen molar-refractivity contribution in [2.24, 2.45) is 0 Å². The van der Waals surface area contributed by atoms with E-state index in [0.717, 1.165) is 0 Å². The number of nitrogens with one attached hydrogen (secondary N) is 2. The van der Waals surface area contributed by atoms with E-state index < -0.39 is 0 Å². The van der Waals surface area contributed by atoms with Gasteiger partial charge in [-0.05, 0) is 19.1 Å². The van der Waals surface area contributed by atoms with Crippen molar-refractivity contribution in [3.05, 3.63) is 53.1 Å². The molecule has 0 aliphatic carbocycles. The lowest BCUT2D eigenvalue weighted by atomic mass is 10.1. The quantitative estimate of drug-likeness (QED) is 0.553. The fraction of sp³-hybridized carbons (Fsp3) is 0.143. The molecule has 0 bridgehead atoms. The van der Waals surface area contributed by atoms with E-state index in [1.54, 1.807) is 19.1 Å². The summed E-state index contributed by atoms with van der Waals surface area (Å²) in [4.78, 5) is 30.4. The summed E-state index contributed by atoms with van der Waals surface area (Å²) in [6.07, 6.45) is 5.01. The molecule has 0 saturated carbocycles. The molecule has 2 rings (SSSR count). The van der Waals surface area contributed by atoms with Crippen LogP contribution in [0.3, 0.4) is 0 Å². The van der Waals surface area contributed by atoms with Crippen molar-refractivity contribution >= 4 is 12.2 Å². The zero-order valence-corrected chi connectivity index (χ0v) is 11.3. The first-order chi connectivity index (χ1) is 10.1. The van der Waals surface area contributed by atoms with E-state index in [0.29, 0.717) is 23.1 Å². The number of aryl methyl sites for hydroxylation is 1. The highest BCUT2D eigenvalue weighted by atomic mass is 16.3. The Balaban J connectivity index is 2.03. The second-order valence-electron chi connectivity index (χ2n) is 4.29. The van der Waals surface area contributed by atoms with Crippen molar-refractivity contribution in [2.75, 3.05) is 0 Å². The Morgan fingerprint density at radius 2 is 2.10 bits per heavy atom. The summed E-state index contributed by atoms with van der Waals surface area (Å²) in [6, 6.07) is 3.14. The van der Waals surface area contributed by atoms with Crippen LogP contribution in [0.1, 0.15) is 32.0 Å². The van der Waals surface area contributed by atoms with Gasteiger partial charge in [-0.1, -0.05) is 0 Å². The van der Waals surface area contributed by atoms with Crippen LogP contribution in [0.5, 0.6) is 5.75 Å². The minimum atomic E-state index is -0.338. The van der Waals surface area contributed by atoms with Crippen molar-refractivity contribution in [3.63, 3.8) is 0 Å². The molecule has 2 aromatic heterocycles. The van der Waals surface area contributed by atoms with Crippen LogP contribution < -0.4 is 10.9 Å². The molecule has 0 aliphatic heterocycles. The summed E-state index contributed by atoms with van der Waals surface area (Å²) in [5, 5.41) is 9.91. The highest BCUT2D eigenvalue weighted by Crippen LogP contribution is 2.22. The van der Waals surface area contributed by atoms with Gasteiger partial charge in [-0.2, -0.15) is 0 Å². The van der Waals surface area contributed by atoms with Crippen LogP contribution in [0.2, 0.25) is 0 Å². The van der Waals surface area contributed by atoms with Crippen LogP contribution in [-0.4, -0.2) is 27.3 Å². The fourth-order valence-corrected chi connectivity index (χ4v) is 1.74. The normalized spacial score (nSPS) is 10.1. The zero-order valence-electron chi connectivity index (χ0n) is 11.3. The van der Waals surface area contributed by atoms with Crippen LogP contribution >= 0.6 is 0 Å². The van der Waals surface area contributed by atoms with Gasteiger partial charge in [0.25, 0.3) is 5.91 Å². The van der Waals surface area contributed by atoms with Gasteiger partial charge in [0.1, 0.15) is 5.75 Å². The van der Waals surface area contributed by atoms with E-state index >= 15 is 0 Å². The van der Waals surface area contributed by atoms with Crippen molar-refractivity contribution in [1.29, 1.82) is 0 Å². The second kappa shape index (κ2) is 6.58. The Morgan fingerprint density at radius 3 is 2.76 bits per heavy atom. The predicted molar refractivity (Wildman–Crippen MR) is 74.6 cm³/mol. The third-order valence-corrected chi connectivity index (χ3v) is 2.91. The van der Waals surface area contributed by atoms with Crippen LogP contribution in [0.4, 0.5) is 0 Å². The smallest absolute Gasteiger partial charge is 0.265 e. The van der Waals surface area contributed by atoms with Crippen molar-refractivity contribution in [3.8, 4) is 5.75 Å². The number of nitrogens with zero attached hydrogens (tertiary/aromatic N) is 2. The van der Waals surface area contributed by atoms with Gasteiger partial charge in [0.2, 0.25) is 0 Å². The fourth-order valence-electron chi connectivity index (χ4n) is 1.74. The molecule has 2 heterocycles. The number of aldehydes is 1. The van der Waals surface area contributed by atoms with Gasteiger partial charge in [0, 0.05) is 41.8 Å². The minimum Gasteiger partial charge on any atom is -0.506 e. The highest BCUT2D eigenvalue weighted by molar-refractivity contribution is 5.93. The number of rotatable bonds is 5. The largest absolute Gasteiger partial charge is 0.506 e. The molecular formula is C14H14N4O3. The molecule has 21 heavy (non-hydrogen) atoms. The van der Waals surface area contributed by atoms with Gasteiger partial charge < -0.3 is 5.11 Å². The Bertz CT molecular complexity index is 659. The number of pyridine rings is 2. The number of hydrogen-bond donors (Lipinski definition) is 3. The molecule has 1 amide bonds. The molecular weight excluding hydrogens is 272 g/mol. The Labute approximate surface area is 121 Å². The number of carbonyl (C=O) groups is 2. The maximum atomic E-state index is 11.8. The molecule has 0 aliphatic rings. The van der Waals surface area contributed by atoms with Crippen LogP contribution in [0.25, 0.3) is 0 Å². The molecule has 3 N–H and O–H groups in total. The molecule has 7 heteroatoms. The summed E-state index contributed by atoms with van der Waals surface area (Å²) >= 11 is 0. The Kier molecular flexibility index (Phi) is 4.57. The number of aromatic nitrogens is 2. The van der Waals surface area contributed by atoms with Gasteiger partial charge in [-0.3, -0.25) is 25.0 Å². The van der Waals surface area contributed by atoms with Crippen molar-refractivity contribution in [2.45, 2.75) is 13.5 Å². The van der Waals surface area contributed by atoms with E-state index in [1.807, 2.05) is 0 Å². The topological polar surface area (TPSA) is 104 Å². The lowest BCUT2D eigenvalue weighted by molar-refractivity contribution is 0.0932. The monoisotopic (exact) mass is 286 g/mol. The molecule has 0 fully saturated rings. The van der Waals surface area contributed by atoms with Crippen LogP contribution in [0, 0.1) is 6.92 Å². The van der Waals surface area contributed by atoms with Gasteiger partial charge >= 0.3 is 0 Å². The lowest BCUT2D eigenvalue weighted by Crippen LogP contribution is -2.37. The summed E-state index contributed by atoms with van der Waals surface area (Å²) < 4.78 is 0. The molecule has 0 aromatic carbocycles. The Hall–Kier alpha value is -2.80. The zero-order chi connectivity index (χ0) is 15.2. The Morgan fingerprint density at radius 1 is 1.38 bits per heavy atom. The van der Waals surface area contributed by atoms with Crippen LogP contribution in [-0.2, 0) is 6.54 Å². The molecule has 2 aromatic rings. The van der Waals surface area contributed by atoms with E-state index in [1.165, 1.54) is 18.6 Å². The number of carbonyl (C=O) groups excluding carboxylic acids is 2. The number of hydrazine groups is 1. The number of amides is 1. The van der Waals surface area contributed by atoms with Gasteiger partial charge in [0.15, 0.2) is 6.29 Å². The molecule has 108 valence electrons. The summed E-state index contributed by atoms with van der Waals surface area (Å²) in [5.41, 5.74) is 6.67.